The molecule has 0 spiro atoms. The molecule has 18 heavy (non-hydrogen) atoms. The van der Waals surface area contributed by atoms with Gasteiger partial charge >= 0.3 is 0 Å². The van der Waals surface area contributed by atoms with Crippen LogP contribution in [-0.2, 0) is 29.3 Å². The number of sulfone groups is 1. The summed E-state index contributed by atoms with van der Waals surface area (Å²) in [6.07, 6.45) is 2.77. The number of nitrogens with zero attached hydrogens (tertiary/aromatic N) is 2. The quantitative estimate of drug-likeness (QED) is 0.806. The van der Waals surface area contributed by atoms with E-state index in [9.17, 15) is 13.2 Å². The number of hydrogen-bond donors (Lipinski definition) is 1. The van der Waals surface area contributed by atoms with Gasteiger partial charge in [-0.25, -0.2) is 13.1 Å². The first kappa shape index (κ1) is 14.8. The van der Waals surface area contributed by atoms with Crippen LogP contribution in [-0.4, -0.2) is 29.8 Å². The molecule has 1 aromatic heterocycles. The van der Waals surface area contributed by atoms with Crippen LogP contribution in [0, 0.1) is 0 Å². The van der Waals surface area contributed by atoms with Crippen LogP contribution in [0.1, 0.15) is 26.0 Å². The van der Waals surface area contributed by atoms with Crippen LogP contribution in [0.2, 0.25) is 0 Å². The molecule has 0 aromatic carbocycles. The SMILES string of the molecule is CCCc1c(N)c(=O)n(CCS(C)(=O)=O)n1CC. The number of aromatic nitrogens is 2. The molecule has 0 bridgehead atoms. The van der Waals surface area contributed by atoms with Crippen molar-refractivity contribution in [3.63, 3.8) is 0 Å². The van der Waals surface area contributed by atoms with Gasteiger partial charge in [0.1, 0.15) is 15.5 Å². The lowest BCUT2D eigenvalue weighted by molar-refractivity contribution is 0.459. The third kappa shape index (κ3) is 3.16. The van der Waals surface area contributed by atoms with Gasteiger partial charge in [0.25, 0.3) is 5.56 Å². The lowest BCUT2D eigenvalue weighted by atomic mass is 10.2. The Morgan fingerprint density at radius 3 is 2.28 bits per heavy atom. The van der Waals surface area contributed by atoms with Crippen LogP contribution in [0.4, 0.5) is 5.69 Å². The Morgan fingerprint density at radius 2 is 1.83 bits per heavy atom. The monoisotopic (exact) mass is 275 g/mol. The molecular formula is C11H21N3O3S. The molecule has 7 heteroatoms. The predicted molar refractivity (Wildman–Crippen MR) is 72.5 cm³/mol. The van der Waals surface area contributed by atoms with Gasteiger partial charge in [-0.1, -0.05) is 13.3 Å². The molecule has 0 unspecified atom stereocenters. The Bertz CT molecular complexity index is 569. The van der Waals surface area contributed by atoms with Crippen LogP contribution < -0.4 is 11.3 Å². The van der Waals surface area contributed by atoms with Crippen molar-refractivity contribution in [3.05, 3.63) is 16.0 Å². The van der Waals surface area contributed by atoms with E-state index in [1.165, 1.54) is 4.68 Å². The van der Waals surface area contributed by atoms with E-state index in [2.05, 4.69) is 0 Å². The zero-order valence-electron chi connectivity index (χ0n) is 11.1. The van der Waals surface area contributed by atoms with Gasteiger partial charge in [0.2, 0.25) is 0 Å². The van der Waals surface area contributed by atoms with E-state index in [-0.39, 0.29) is 23.5 Å². The third-order valence-corrected chi connectivity index (χ3v) is 3.76. The molecule has 0 saturated carbocycles. The zero-order valence-corrected chi connectivity index (χ0v) is 12.0. The zero-order chi connectivity index (χ0) is 13.9. The summed E-state index contributed by atoms with van der Waals surface area (Å²) in [5, 5.41) is 0. The minimum Gasteiger partial charge on any atom is -0.393 e. The molecule has 0 aliphatic heterocycles. The second-order valence-corrected chi connectivity index (χ2v) is 6.64. The van der Waals surface area contributed by atoms with E-state index >= 15 is 0 Å². The third-order valence-electron chi connectivity index (χ3n) is 2.84. The molecule has 0 saturated heterocycles. The van der Waals surface area contributed by atoms with Crippen molar-refractivity contribution in [2.75, 3.05) is 17.7 Å². The fraction of sp³-hybridized carbons (Fsp3) is 0.727. The Balaban J connectivity index is 3.18. The van der Waals surface area contributed by atoms with Crippen molar-refractivity contribution in [3.8, 4) is 0 Å². The lowest BCUT2D eigenvalue weighted by Gasteiger charge is -2.12. The van der Waals surface area contributed by atoms with E-state index in [1.807, 2.05) is 13.8 Å². The molecule has 0 aliphatic carbocycles. The van der Waals surface area contributed by atoms with E-state index in [0.717, 1.165) is 24.8 Å². The van der Waals surface area contributed by atoms with Gasteiger partial charge in [0, 0.05) is 12.8 Å². The van der Waals surface area contributed by atoms with E-state index in [0.29, 0.717) is 6.54 Å². The van der Waals surface area contributed by atoms with Gasteiger partial charge in [0.15, 0.2) is 0 Å². The van der Waals surface area contributed by atoms with Gasteiger partial charge in [-0.15, -0.1) is 0 Å². The van der Waals surface area contributed by atoms with Gasteiger partial charge < -0.3 is 5.73 Å². The molecule has 1 aromatic rings. The lowest BCUT2D eigenvalue weighted by Crippen LogP contribution is -2.27. The van der Waals surface area contributed by atoms with E-state index in [4.69, 9.17) is 5.73 Å². The summed E-state index contributed by atoms with van der Waals surface area (Å²) in [6, 6.07) is 0. The first-order valence-electron chi connectivity index (χ1n) is 6.07. The Labute approximate surface area is 107 Å². The van der Waals surface area contributed by atoms with E-state index < -0.39 is 9.84 Å². The Morgan fingerprint density at radius 1 is 1.22 bits per heavy atom. The highest BCUT2D eigenvalue weighted by Crippen LogP contribution is 2.11. The topological polar surface area (TPSA) is 87.1 Å². The molecule has 6 nitrogen and oxygen atoms in total. The molecule has 0 radical (unpaired) electrons. The van der Waals surface area contributed by atoms with Crippen LogP contribution in [0.5, 0.6) is 0 Å². The second-order valence-electron chi connectivity index (χ2n) is 4.38. The van der Waals surface area contributed by atoms with E-state index in [1.54, 1.807) is 4.68 Å². The maximum absolute atomic E-state index is 12.0. The smallest absolute Gasteiger partial charge is 0.290 e. The van der Waals surface area contributed by atoms with Crippen molar-refractivity contribution in [2.24, 2.45) is 0 Å². The van der Waals surface area contributed by atoms with Gasteiger partial charge in [-0.05, 0) is 13.3 Å². The summed E-state index contributed by atoms with van der Waals surface area (Å²) >= 11 is 0. The number of anilines is 1. The predicted octanol–water partition coefficient (Wildman–Crippen LogP) is 0.249. The highest BCUT2D eigenvalue weighted by Gasteiger charge is 2.16. The fourth-order valence-corrected chi connectivity index (χ4v) is 2.50. The van der Waals surface area contributed by atoms with Crippen LogP contribution in [0.15, 0.2) is 4.79 Å². The summed E-state index contributed by atoms with van der Waals surface area (Å²) < 4.78 is 25.6. The maximum Gasteiger partial charge on any atom is 0.290 e. The normalized spacial score (nSPS) is 11.9. The van der Waals surface area contributed by atoms with Crippen molar-refractivity contribution in [1.82, 2.24) is 9.36 Å². The number of nitrogens with two attached hydrogens (primary N) is 1. The second kappa shape index (κ2) is 5.60. The molecule has 0 amide bonds. The molecular weight excluding hydrogens is 254 g/mol. The maximum atomic E-state index is 12.0. The molecule has 1 rings (SSSR count). The number of hydrogen-bond acceptors (Lipinski definition) is 4. The average molecular weight is 275 g/mol. The van der Waals surface area contributed by atoms with Crippen molar-refractivity contribution < 1.29 is 8.42 Å². The summed E-state index contributed by atoms with van der Waals surface area (Å²) in [5.74, 6) is -0.0536. The highest BCUT2D eigenvalue weighted by atomic mass is 32.2. The van der Waals surface area contributed by atoms with Crippen molar-refractivity contribution in [2.45, 2.75) is 39.8 Å². The van der Waals surface area contributed by atoms with Gasteiger partial charge in [-0.3, -0.25) is 9.48 Å². The molecule has 0 atom stereocenters. The standard InChI is InChI=1S/C11H21N3O3S/c1-4-6-9-10(12)11(15)14(13(9)5-2)7-8-18(3,16)17/h4-8,12H2,1-3H3. The van der Waals surface area contributed by atoms with Crippen molar-refractivity contribution in [1.29, 1.82) is 0 Å². The first-order valence-corrected chi connectivity index (χ1v) is 8.13. The minimum atomic E-state index is -3.09. The molecule has 0 aliphatic rings. The van der Waals surface area contributed by atoms with Crippen LogP contribution in [0.3, 0.4) is 0 Å². The molecule has 2 N–H and O–H groups in total. The number of nitrogen functional groups attached to an aromatic ring is 1. The Kier molecular flexibility index (Phi) is 4.61. The summed E-state index contributed by atoms with van der Waals surface area (Å²) in [5.41, 5.74) is 6.56. The van der Waals surface area contributed by atoms with Crippen LogP contribution >= 0.6 is 0 Å². The highest BCUT2D eigenvalue weighted by molar-refractivity contribution is 7.90. The van der Waals surface area contributed by atoms with Crippen LogP contribution in [0.25, 0.3) is 0 Å². The molecule has 0 fully saturated rings. The summed E-state index contributed by atoms with van der Waals surface area (Å²) in [7, 11) is -3.09. The minimum absolute atomic E-state index is 0.0536. The van der Waals surface area contributed by atoms with Gasteiger partial charge in [0.05, 0.1) is 18.0 Å². The Hall–Kier alpha value is -1.24. The fourth-order valence-electron chi connectivity index (χ4n) is 1.99. The summed E-state index contributed by atoms with van der Waals surface area (Å²) in [4.78, 5) is 12.0. The molecule has 1 heterocycles. The summed E-state index contributed by atoms with van der Waals surface area (Å²) in [6.45, 7) is 4.68. The van der Waals surface area contributed by atoms with Gasteiger partial charge in [-0.2, -0.15) is 0 Å². The average Bonchev–Trinajstić information content (AvgIpc) is 2.50. The number of rotatable bonds is 6. The molecule has 104 valence electrons. The van der Waals surface area contributed by atoms with Crippen molar-refractivity contribution >= 4 is 15.5 Å². The largest absolute Gasteiger partial charge is 0.393 e. The first-order chi connectivity index (χ1) is 8.31.